The van der Waals surface area contributed by atoms with Crippen molar-refractivity contribution in [2.45, 2.75) is 37.9 Å². The van der Waals surface area contributed by atoms with Gasteiger partial charge in [-0.3, -0.25) is 4.79 Å². The Balaban J connectivity index is 1.43. The van der Waals surface area contributed by atoms with Crippen molar-refractivity contribution in [3.63, 3.8) is 0 Å². The molecule has 0 saturated carbocycles. The van der Waals surface area contributed by atoms with Crippen molar-refractivity contribution < 1.29 is 4.79 Å². The summed E-state index contributed by atoms with van der Waals surface area (Å²) in [6.07, 6.45) is 2.91. The summed E-state index contributed by atoms with van der Waals surface area (Å²) in [5.74, 6) is 0.812. The summed E-state index contributed by atoms with van der Waals surface area (Å²) in [5.41, 5.74) is 5.03. The van der Waals surface area contributed by atoms with Gasteiger partial charge >= 0.3 is 0 Å². The molecule has 0 spiro atoms. The maximum atomic E-state index is 12.3. The summed E-state index contributed by atoms with van der Waals surface area (Å²) in [6, 6.07) is 28.1. The molecule has 4 aromatic rings. The molecule has 4 rings (SSSR count). The van der Waals surface area contributed by atoms with Crippen LogP contribution in [0.25, 0.3) is 22.5 Å². The Labute approximate surface area is 216 Å². The molecule has 0 atom stereocenters. The first-order chi connectivity index (χ1) is 17.2. The molecular formula is C29H30ClN3OS. The predicted molar refractivity (Wildman–Crippen MR) is 147 cm³/mol. The number of carbonyl (C=O) groups excluding carboxylic acids is 1. The van der Waals surface area contributed by atoms with Crippen molar-refractivity contribution in [1.29, 1.82) is 0 Å². The molecule has 0 fully saturated rings. The number of unbranched alkanes of at least 4 members (excludes halogenated alkanes) is 1. The summed E-state index contributed by atoms with van der Waals surface area (Å²) in [7, 11) is 0. The molecule has 0 aliphatic carbocycles. The number of thioether (sulfide) groups is 1. The van der Waals surface area contributed by atoms with Crippen molar-refractivity contribution in [2.24, 2.45) is 0 Å². The first kappa shape index (κ1) is 25.1. The van der Waals surface area contributed by atoms with Crippen LogP contribution in [0.5, 0.6) is 0 Å². The zero-order chi connectivity index (χ0) is 24.5. The number of imidazole rings is 1. The second kappa shape index (κ2) is 12.6. The fourth-order valence-electron chi connectivity index (χ4n) is 3.99. The van der Waals surface area contributed by atoms with Crippen LogP contribution >= 0.6 is 23.4 Å². The van der Waals surface area contributed by atoms with Gasteiger partial charge < -0.3 is 9.88 Å². The molecule has 4 nitrogen and oxygen atoms in total. The van der Waals surface area contributed by atoms with Crippen LogP contribution < -0.4 is 5.32 Å². The Morgan fingerprint density at radius 2 is 1.57 bits per heavy atom. The predicted octanol–water partition coefficient (Wildman–Crippen LogP) is 7.58. The SMILES string of the molecule is CCCn1c(SCCCCNC(=O)c2ccccc2Cl)nc(-c2ccccc2)c1-c1ccccc1. The number of aromatic nitrogens is 2. The summed E-state index contributed by atoms with van der Waals surface area (Å²) >= 11 is 7.91. The fourth-order valence-corrected chi connectivity index (χ4v) is 5.24. The van der Waals surface area contributed by atoms with Gasteiger partial charge in [-0.25, -0.2) is 4.98 Å². The minimum atomic E-state index is -0.123. The number of amides is 1. The number of hydrogen-bond donors (Lipinski definition) is 1. The van der Waals surface area contributed by atoms with Gasteiger partial charge in [-0.05, 0) is 31.4 Å². The molecule has 1 aromatic heterocycles. The summed E-state index contributed by atoms with van der Waals surface area (Å²) in [4.78, 5) is 17.4. The largest absolute Gasteiger partial charge is 0.352 e. The zero-order valence-electron chi connectivity index (χ0n) is 19.9. The van der Waals surface area contributed by atoms with E-state index in [1.807, 2.05) is 24.3 Å². The molecule has 180 valence electrons. The van der Waals surface area contributed by atoms with Crippen LogP contribution in [0.15, 0.2) is 90.1 Å². The lowest BCUT2D eigenvalue weighted by molar-refractivity contribution is 0.0953. The van der Waals surface area contributed by atoms with E-state index in [1.165, 1.54) is 11.3 Å². The van der Waals surface area contributed by atoms with E-state index in [0.717, 1.165) is 48.0 Å². The number of rotatable bonds is 11. The van der Waals surface area contributed by atoms with Crippen LogP contribution in [0.4, 0.5) is 0 Å². The summed E-state index contributed by atoms with van der Waals surface area (Å²) < 4.78 is 2.36. The maximum absolute atomic E-state index is 12.3. The van der Waals surface area contributed by atoms with Crippen molar-refractivity contribution in [2.75, 3.05) is 12.3 Å². The number of halogens is 1. The van der Waals surface area contributed by atoms with Gasteiger partial charge in [0.25, 0.3) is 5.91 Å². The summed E-state index contributed by atoms with van der Waals surface area (Å²) in [5, 5.41) is 4.50. The Morgan fingerprint density at radius 1 is 0.914 bits per heavy atom. The molecule has 35 heavy (non-hydrogen) atoms. The van der Waals surface area contributed by atoms with E-state index in [4.69, 9.17) is 16.6 Å². The molecule has 1 N–H and O–H groups in total. The highest BCUT2D eigenvalue weighted by molar-refractivity contribution is 7.99. The van der Waals surface area contributed by atoms with Crippen LogP contribution in [0, 0.1) is 0 Å². The third-order valence-electron chi connectivity index (χ3n) is 5.68. The standard InChI is InChI=1S/C29H30ClN3OS/c1-2-20-33-27(23-15-7-4-8-16-23)26(22-13-5-3-6-14-22)32-29(33)35-21-12-11-19-31-28(34)24-17-9-10-18-25(24)30/h3-10,13-18H,2,11-12,19-21H2,1H3,(H,31,34). The van der Waals surface area contributed by atoms with Crippen molar-refractivity contribution in [3.8, 4) is 22.5 Å². The highest BCUT2D eigenvalue weighted by atomic mass is 35.5. The number of benzene rings is 3. The smallest absolute Gasteiger partial charge is 0.252 e. The average molecular weight is 504 g/mol. The number of carbonyl (C=O) groups is 1. The van der Waals surface area contributed by atoms with Gasteiger partial charge in [0.2, 0.25) is 0 Å². The monoisotopic (exact) mass is 503 g/mol. The van der Waals surface area contributed by atoms with Gasteiger partial charge in [-0.1, -0.05) is 103 Å². The molecular weight excluding hydrogens is 474 g/mol. The van der Waals surface area contributed by atoms with Crippen LogP contribution in [0.2, 0.25) is 5.02 Å². The van der Waals surface area contributed by atoms with E-state index in [9.17, 15) is 4.79 Å². The Bertz CT molecular complexity index is 1240. The third kappa shape index (κ3) is 6.36. The molecule has 1 amide bonds. The van der Waals surface area contributed by atoms with E-state index in [2.05, 4.69) is 65.3 Å². The lowest BCUT2D eigenvalue weighted by Gasteiger charge is -2.12. The van der Waals surface area contributed by atoms with E-state index in [0.29, 0.717) is 17.1 Å². The van der Waals surface area contributed by atoms with Gasteiger partial charge in [0, 0.05) is 30.0 Å². The van der Waals surface area contributed by atoms with Gasteiger partial charge in [0.05, 0.1) is 22.0 Å². The lowest BCUT2D eigenvalue weighted by Crippen LogP contribution is -2.24. The number of nitrogens with one attached hydrogen (secondary N) is 1. The van der Waals surface area contributed by atoms with Crippen LogP contribution in [0.3, 0.4) is 0 Å². The van der Waals surface area contributed by atoms with Crippen LogP contribution in [-0.4, -0.2) is 27.8 Å². The molecule has 0 unspecified atom stereocenters. The van der Waals surface area contributed by atoms with Gasteiger partial charge in [0.15, 0.2) is 5.16 Å². The van der Waals surface area contributed by atoms with E-state index >= 15 is 0 Å². The first-order valence-electron chi connectivity index (χ1n) is 12.1. The zero-order valence-corrected chi connectivity index (χ0v) is 21.5. The van der Waals surface area contributed by atoms with E-state index in [-0.39, 0.29) is 5.91 Å². The van der Waals surface area contributed by atoms with E-state index < -0.39 is 0 Å². The van der Waals surface area contributed by atoms with Gasteiger partial charge in [0.1, 0.15) is 0 Å². The van der Waals surface area contributed by atoms with Crippen molar-refractivity contribution >= 4 is 29.3 Å². The Kier molecular flexibility index (Phi) is 9.04. The van der Waals surface area contributed by atoms with Gasteiger partial charge in [-0.2, -0.15) is 0 Å². The minimum Gasteiger partial charge on any atom is -0.352 e. The molecule has 0 aliphatic rings. The molecule has 0 aliphatic heterocycles. The van der Waals surface area contributed by atoms with Crippen molar-refractivity contribution in [3.05, 3.63) is 95.5 Å². The quantitative estimate of drug-likeness (QED) is 0.169. The fraction of sp³-hybridized carbons (Fsp3) is 0.241. The molecule has 1 heterocycles. The molecule has 0 saturated heterocycles. The van der Waals surface area contributed by atoms with Gasteiger partial charge in [-0.15, -0.1) is 0 Å². The number of nitrogens with zero attached hydrogens (tertiary/aromatic N) is 2. The molecule has 0 radical (unpaired) electrons. The number of hydrogen-bond acceptors (Lipinski definition) is 3. The topological polar surface area (TPSA) is 46.9 Å². The second-order valence-electron chi connectivity index (χ2n) is 8.27. The van der Waals surface area contributed by atoms with Crippen LogP contribution in [0.1, 0.15) is 36.5 Å². The Morgan fingerprint density at radius 3 is 2.26 bits per heavy atom. The molecule has 0 bridgehead atoms. The second-order valence-corrected chi connectivity index (χ2v) is 9.74. The minimum absolute atomic E-state index is 0.123. The maximum Gasteiger partial charge on any atom is 0.252 e. The first-order valence-corrected chi connectivity index (χ1v) is 13.4. The Hall–Kier alpha value is -3.02. The molecule has 6 heteroatoms. The molecule has 3 aromatic carbocycles. The summed E-state index contributed by atoms with van der Waals surface area (Å²) in [6.45, 7) is 3.74. The lowest BCUT2D eigenvalue weighted by atomic mass is 10.0. The van der Waals surface area contributed by atoms with Crippen molar-refractivity contribution in [1.82, 2.24) is 14.9 Å². The highest BCUT2D eigenvalue weighted by Gasteiger charge is 2.19. The highest BCUT2D eigenvalue weighted by Crippen LogP contribution is 2.36. The third-order valence-corrected chi connectivity index (χ3v) is 7.07. The van der Waals surface area contributed by atoms with E-state index in [1.54, 1.807) is 23.9 Å². The van der Waals surface area contributed by atoms with Crippen LogP contribution in [-0.2, 0) is 6.54 Å². The normalized spacial score (nSPS) is 10.9. The average Bonchev–Trinajstić information content (AvgIpc) is 3.25.